The third kappa shape index (κ3) is 4.73. The van der Waals surface area contributed by atoms with Crippen molar-refractivity contribution in [3.63, 3.8) is 0 Å². The molecule has 1 aromatic carbocycles. The fourth-order valence-electron chi connectivity index (χ4n) is 2.89. The SMILES string of the molecule is C[C@@H](NC(=O)CN1CCN(c2ncccn2)CC1)c1ccc(F)cc1. The minimum absolute atomic E-state index is 0.0266. The molecule has 1 atom stereocenters. The number of nitrogens with zero attached hydrogens (tertiary/aromatic N) is 4. The van der Waals surface area contributed by atoms with E-state index in [0.29, 0.717) is 6.54 Å². The quantitative estimate of drug-likeness (QED) is 0.894. The highest BCUT2D eigenvalue weighted by molar-refractivity contribution is 5.78. The van der Waals surface area contributed by atoms with E-state index in [-0.39, 0.29) is 17.8 Å². The van der Waals surface area contributed by atoms with E-state index in [1.165, 1.54) is 12.1 Å². The second kappa shape index (κ2) is 8.02. The van der Waals surface area contributed by atoms with Crippen LogP contribution in [0.2, 0.25) is 0 Å². The fourth-order valence-corrected chi connectivity index (χ4v) is 2.89. The lowest BCUT2D eigenvalue weighted by Gasteiger charge is -2.34. The first-order valence-electron chi connectivity index (χ1n) is 8.41. The first kappa shape index (κ1) is 17.3. The van der Waals surface area contributed by atoms with E-state index in [1.54, 1.807) is 30.6 Å². The zero-order valence-electron chi connectivity index (χ0n) is 14.2. The lowest BCUT2D eigenvalue weighted by Crippen LogP contribution is -2.50. The molecule has 1 saturated heterocycles. The van der Waals surface area contributed by atoms with E-state index >= 15 is 0 Å². The number of carbonyl (C=O) groups is 1. The van der Waals surface area contributed by atoms with Crippen LogP contribution in [-0.2, 0) is 4.79 Å². The summed E-state index contributed by atoms with van der Waals surface area (Å²) in [5.74, 6) is 0.431. The molecule has 0 bridgehead atoms. The summed E-state index contributed by atoms with van der Waals surface area (Å²) < 4.78 is 13.0. The van der Waals surface area contributed by atoms with Crippen molar-refractivity contribution in [1.29, 1.82) is 0 Å². The van der Waals surface area contributed by atoms with Gasteiger partial charge in [0.15, 0.2) is 0 Å². The molecule has 1 N–H and O–H groups in total. The van der Waals surface area contributed by atoms with Crippen molar-refractivity contribution in [1.82, 2.24) is 20.2 Å². The summed E-state index contributed by atoms with van der Waals surface area (Å²) >= 11 is 0. The van der Waals surface area contributed by atoms with E-state index in [1.807, 2.05) is 6.92 Å². The van der Waals surface area contributed by atoms with Crippen molar-refractivity contribution in [3.8, 4) is 0 Å². The summed E-state index contributed by atoms with van der Waals surface area (Å²) in [5, 5.41) is 2.96. The molecule has 0 saturated carbocycles. The molecule has 1 aliphatic rings. The van der Waals surface area contributed by atoms with Gasteiger partial charge in [-0.25, -0.2) is 14.4 Å². The smallest absolute Gasteiger partial charge is 0.234 e. The Morgan fingerprint density at radius 2 is 1.80 bits per heavy atom. The molecular formula is C18H22FN5O. The highest BCUT2D eigenvalue weighted by Crippen LogP contribution is 2.13. The van der Waals surface area contributed by atoms with Crippen molar-refractivity contribution in [3.05, 3.63) is 54.1 Å². The molecular weight excluding hydrogens is 321 g/mol. The zero-order chi connectivity index (χ0) is 17.6. The maximum Gasteiger partial charge on any atom is 0.234 e. The van der Waals surface area contributed by atoms with Gasteiger partial charge in [0.25, 0.3) is 0 Å². The Hall–Kier alpha value is -2.54. The standard InChI is InChI=1S/C18H22FN5O/c1-14(15-3-5-16(19)6-4-15)22-17(25)13-23-9-11-24(12-10-23)18-20-7-2-8-21-18/h2-8,14H,9-13H2,1H3,(H,22,25)/t14-/m1/s1. The lowest BCUT2D eigenvalue weighted by atomic mass is 10.1. The monoisotopic (exact) mass is 343 g/mol. The maximum absolute atomic E-state index is 13.0. The summed E-state index contributed by atoms with van der Waals surface area (Å²) in [6, 6.07) is 7.85. The summed E-state index contributed by atoms with van der Waals surface area (Å²) in [6.45, 7) is 5.42. The van der Waals surface area contributed by atoms with Crippen LogP contribution in [0.5, 0.6) is 0 Å². The summed E-state index contributed by atoms with van der Waals surface area (Å²) in [5.41, 5.74) is 0.890. The molecule has 3 rings (SSSR count). The van der Waals surface area contributed by atoms with Crippen LogP contribution in [-0.4, -0.2) is 53.5 Å². The van der Waals surface area contributed by atoms with Gasteiger partial charge in [-0.15, -0.1) is 0 Å². The average Bonchev–Trinajstić information content (AvgIpc) is 2.63. The number of hydrogen-bond acceptors (Lipinski definition) is 5. The van der Waals surface area contributed by atoms with Gasteiger partial charge in [0.1, 0.15) is 5.82 Å². The Balaban J connectivity index is 1.45. The van der Waals surface area contributed by atoms with Gasteiger partial charge in [0.2, 0.25) is 11.9 Å². The van der Waals surface area contributed by atoms with Crippen LogP contribution in [0.25, 0.3) is 0 Å². The molecule has 25 heavy (non-hydrogen) atoms. The number of halogens is 1. The van der Waals surface area contributed by atoms with Crippen molar-refractivity contribution < 1.29 is 9.18 Å². The van der Waals surface area contributed by atoms with Gasteiger partial charge in [-0.1, -0.05) is 12.1 Å². The Morgan fingerprint density at radius 3 is 2.44 bits per heavy atom. The van der Waals surface area contributed by atoms with E-state index < -0.39 is 0 Å². The second-order valence-electron chi connectivity index (χ2n) is 6.15. The number of amides is 1. The third-order valence-corrected chi connectivity index (χ3v) is 4.32. The number of piperazine rings is 1. The van der Waals surface area contributed by atoms with Crippen molar-refractivity contribution >= 4 is 11.9 Å². The minimum atomic E-state index is -0.275. The highest BCUT2D eigenvalue weighted by atomic mass is 19.1. The predicted octanol–water partition coefficient (Wildman–Crippen LogP) is 1.62. The zero-order valence-corrected chi connectivity index (χ0v) is 14.2. The number of carbonyl (C=O) groups excluding carboxylic acids is 1. The van der Waals surface area contributed by atoms with Crippen LogP contribution in [0.15, 0.2) is 42.7 Å². The first-order valence-corrected chi connectivity index (χ1v) is 8.41. The second-order valence-corrected chi connectivity index (χ2v) is 6.15. The van der Waals surface area contributed by atoms with Crippen LogP contribution in [0.4, 0.5) is 10.3 Å². The Morgan fingerprint density at radius 1 is 1.16 bits per heavy atom. The average molecular weight is 343 g/mol. The summed E-state index contributed by atoms with van der Waals surface area (Å²) in [4.78, 5) is 25.0. The van der Waals surface area contributed by atoms with Crippen LogP contribution in [0, 0.1) is 5.82 Å². The molecule has 132 valence electrons. The van der Waals surface area contributed by atoms with Gasteiger partial charge >= 0.3 is 0 Å². The van der Waals surface area contributed by atoms with Crippen LogP contribution >= 0.6 is 0 Å². The topological polar surface area (TPSA) is 61.4 Å². The number of nitrogens with one attached hydrogen (secondary N) is 1. The maximum atomic E-state index is 13.0. The summed E-state index contributed by atoms with van der Waals surface area (Å²) in [6.07, 6.45) is 3.47. The van der Waals surface area contributed by atoms with Gasteiger partial charge < -0.3 is 10.2 Å². The Labute approximate surface area is 146 Å². The van der Waals surface area contributed by atoms with Gasteiger partial charge in [-0.05, 0) is 30.7 Å². The van der Waals surface area contributed by atoms with E-state index in [4.69, 9.17) is 0 Å². The van der Waals surface area contributed by atoms with E-state index in [0.717, 1.165) is 37.7 Å². The molecule has 0 spiro atoms. The number of aromatic nitrogens is 2. The fraction of sp³-hybridized carbons (Fsp3) is 0.389. The van der Waals surface area contributed by atoms with Crippen LogP contribution in [0.3, 0.4) is 0 Å². The molecule has 0 aliphatic carbocycles. The molecule has 1 aromatic heterocycles. The normalized spacial score (nSPS) is 16.5. The first-order chi connectivity index (χ1) is 12.1. The lowest BCUT2D eigenvalue weighted by molar-refractivity contribution is -0.123. The van der Waals surface area contributed by atoms with Gasteiger partial charge in [-0.2, -0.15) is 0 Å². The Bertz CT molecular complexity index is 686. The van der Waals surface area contributed by atoms with Gasteiger partial charge in [-0.3, -0.25) is 9.69 Å². The van der Waals surface area contributed by atoms with Crippen molar-refractivity contribution in [2.24, 2.45) is 0 Å². The Kier molecular flexibility index (Phi) is 5.55. The van der Waals surface area contributed by atoms with Gasteiger partial charge in [0.05, 0.1) is 12.6 Å². The van der Waals surface area contributed by atoms with E-state index in [9.17, 15) is 9.18 Å². The molecule has 2 aromatic rings. The predicted molar refractivity (Wildman–Crippen MR) is 93.6 cm³/mol. The largest absolute Gasteiger partial charge is 0.348 e. The number of hydrogen-bond donors (Lipinski definition) is 1. The molecule has 2 heterocycles. The van der Waals surface area contributed by atoms with Crippen molar-refractivity contribution in [2.75, 3.05) is 37.6 Å². The molecule has 6 nitrogen and oxygen atoms in total. The number of benzene rings is 1. The molecule has 1 amide bonds. The summed E-state index contributed by atoms with van der Waals surface area (Å²) in [7, 11) is 0. The minimum Gasteiger partial charge on any atom is -0.348 e. The molecule has 0 unspecified atom stereocenters. The van der Waals surface area contributed by atoms with Crippen molar-refractivity contribution in [2.45, 2.75) is 13.0 Å². The molecule has 1 fully saturated rings. The third-order valence-electron chi connectivity index (χ3n) is 4.32. The highest BCUT2D eigenvalue weighted by Gasteiger charge is 2.21. The molecule has 1 aliphatic heterocycles. The molecule has 7 heteroatoms. The number of rotatable bonds is 5. The van der Waals surface area contributed by atoms with Crippen LogP contribution in [0.1, 0.15) is 18.5 Å². The number of anilines is 1. The van der Waals surface area contributed by atoms with Crippen LogP contribution < -0.4 is 10.2 Å². The van der Waals surface area contributed by atoms with E-state index in [2.05, 4.69) is 25.1 Å². The molecule has 0 radical (unpaired) electrons. The van der Waals surface area contributed by atoms with Gasteiger partial charge in [0, 0.05) is 38.6 Å².